The van der Waals surface area contributed by atoms with Crippen LogP contribution in [0, 0.1) is 75.9 Å². The number of fused-ring (bicyclic) bond motifs is 5. The van der Waals surface area contributed by atoms with Crippen molar-refractivity contribution < 1.29 is 39.5 Å². The molecule has 1 spiro atoms. The van der Waals surface area contributed by atoms with Gasteiger partial charge in [-0.25, -0.2) is 9.59 Å². The van der Waals surface area contributed by atoms with Crippen molar-refractivity contribution in [2.45, 2.75) is 191 Å². The number of phenolic OH excluding ortho intramolecular Hbond substituents is 1. The molecule has 6 fully saturated rings. The number of ether oxygens (including phenoxy) is 2. The van der Waals surface area contributed by atoms with Gasteiger partial charge in [-0.15, -0.1) is 0 Å². The van der Waals surface area contributed by atoms with Crippen LogP contribution in [0.15, 0.2) is 131 Å². The Hall–Kier alpha value is -6.18. The second-order valence-electron chi connectivity index (χ2n) is 31.4. The molecule has 0 aromatic heterocycles. The Morgan fingerprint density at radius 1 is 0.771 bits per heavy atom. The van der Waals surface area contributed by atoms with Gasteiger partial charge in [-0.1, -0.05) is 117 Å². The lowest BCUT2D eigenvalue weighted by molar-refractivity contribution is -0.135. The second kappa shape index (κ2) is 27.5. The quantitative estimate of drug-likeness (QED) is 0.0349. The first kappa shape index (κ1) is 65.7. The number of hydrogen-bond donors (Lipinski definition) is 9. The largest absolute Gasteiger partial charge is 0.508 e. The number of esters is 2. The lowest BCUT2D eigenvalue weighted by Gasteiger charge is -2.56. The van der Waals surface area contributed by atoms with E-state index in [1.165, 1.54) is 16.7 Å². The van der Waals surface area contributed by atoms with Gasteiger partial charge in [-0.05, 0) is 270 Å². The summed E-state index contributed by atoms with van der Waals surface area (Å²) in [5.41, 5.74) is 8.71. The maximum Gasteiger partial charge on any atom is 0.340 e. The first-order valence-electron chi connectivity index (χ1n) is 37.3. The highest BCUT2D eigenvalue weighted by Crippen LogP contribution is 2.73. The van der Waals surface area contributed by atoms with Gasteiger partial charge in [0.05, 0.1) is 28.4 Å². The molecule has 14 bridgehead atoms. The molecular weight excluding hydrogens is 1190 g/mol. The van der Waals surface area contributed by atoms with Crippen LogP contribution in [0.5, 0.6) is 5.75 Å². The molecule has 9 N–H and O–H groups in total. The Labute approximate surface area is 569 Å². The van der Waals surface area contributed by atoms with Crippen molar-refractivity contribution in [1.29, 1.82) is 0 Å². The third-order valence-electron chi connectivity index (χ3n) is 25.9. The van der Waals surface area contributed by atoms with Gasteiger partial charge in [0.2, 0.25) is 0 Å². The summed E-state index contributed by atoms with van der Waals surface area (Å²) in [6.45, 7) is 6.53. The average Bonchev–Trinajstić information content (AvgIpc) is 1.42. The highest BCUT2D eigenvalue weighted by molar-refractivity contribution is 6.07. The van der Waals surface area contributed by atoms with E-state index in [2.05, 4.69) is 119 Å². The predicted octanol–water partition coefficient (Wildman–Crippen LogP) is 12.7. The van der Waals surface area contributed by atoms with Crippen molar-refractivity contribution in [2.75, 3.05) is 39.8 Å². The number of carbonyl (C=O) groups is 2. The van der Waals surface area contributed by atoms with Gasteiger partial charge in [0.25, 0.3) is 0 Å². The molecule has 17 rings (SSSR count). The number of aliphatic hydroxyl groups is 3. The summed E-state index contributed by atoms with van der Waals surface area (Å²) in [4.78, 5) is 31.3. The number of phenols is 1. The van der Waals surface area contributed by atoms with E-state index in [1.807, 2.05) is 30.3 Å². The molecule has 0 amide bonds. The average molecular weight is 1300 g/mol. The van der Waals surface area contributed by atoms with E-state index in [0.29, 0.717) is 80.2 Å². The minimum atomic E-state index is -1.04. The third kappa shape index (κ3) is 12.3. The molecule has 6 heterocycles. The number of rotatable bonds is 13. The van der Waals surface area contributed by atoms with Crippen LogP contribution in [0.25, 0.3) is 16.7 Å². The van der Waals surface area contributed by atoms with E-state index < -0.39 is 28.5 Å². The van der Waals surface area contributed by atoms with Crippen molar-refractivity contribution in [3.8, 4) is 28.7 Å². The van der Waals surface area contributed by atoms with E-state index >= 15 is 9.59 Å². The second-order valence-corrected chi connectivity index (χ2v) is 31.4. The van der Waals surface area contributed by atoms with Crippen LogP contribution in [-0.4, -0.2) is 89.6 Å². The number of aromatic hydroxyl groups is 1. The maximum absolute atomic E-state index is 15.7. The molecule has 13 atom stereocenters. The zero-order valence-corrected chi connectivity index (χ0v) is 56.8. The van der Waals surface area contributed by atoms with E-state index in [1.54, 1.807) is 6.07 Å². The van der Waals surface area contributed by atoms with E-state index in [4.69, 9.17) is 9.47 Å². The SMILES string of the molecule is CCCNCc1cc2cc(c1)C1NCC(O)(C3CCCC3)CC#CC(C3(O)CCCC3)CC3CC(C4CCNC(NC)C4)(CC=C4OC(=O)C5=C4CCC4C6CCC7(C(=CC(CCO)Cc8ccccc8)OC(=O)C7=C6c6cc(O)ccc6-c6cccc(c6)CNCC2)C54)CC31. The minimum Gasteiger partial charge on any atom is -0.508 e. The molecule has 6 aliphatic heterocycles. The Balaban J connectivity index is 0.920. The molecule has 96 heavy (non-hydrogen) atoms. The van der Waals surface area contributed by atoms with Crippen LogP contribution >= 0.6 is 0 Å². The van der Waals surface area contributed by atoms with Crippen LogP contribution in [0.1, 0.15) is 181 Å². The van der Waals surface area contributed by atoms with Crippen LogP contribution in [-0.2, 0) is 45.0 Å². The van der Waals surface area contributed by atoms with Crippen LogP contribution in [0.2, 0.25) is 0 Å². The number of cyclic esters (lactones) is 1. The van der Waals surface area contributed by atoms with Gasteiger partial charge >= 0.3 is 11.9 Å². The lowest BCUT2D eigenvalue weighted by Crippen LogP contribution is -2.52. The molecule has 0 radical (unpaired) electrons. The zero-order chi connectivity index (χ0) is 65.8. The first-order valence-corrected chi connectivity index (χ1v) is 37.3. The molecule has 508 valence electrons. The summed E-state index contributed by atoms with van der Waals surface area (Å²) in [7, 11) is 2.07. The Morgan fingerprint density at radius 3 is 2.45 bits per heavy atom. The fraction of sp³-hybridized carbons (Fsp3) is 0.566. The number of piperidine rings is 1. The third-order valence-corrected chi connectivity index (χ3v) is 25.9. The maximum atomic E-state index is 15.7. The predicted molar refractivity (Wildman–Crippen MR) is 375 cm³/mol. The molecule has 4 aromatic rings. The highest BCUT2D eigenvalue weighted by Gasteiger charge is 2.69. The smallest absolute Gasteiger partial charge is 0.340 e. The molecule has 13 heteroatoms. The van der Waals surface area contributed by atoms with Gasteiger partial charge < -0.3 is 56.5 Å². The molecule has 13 unspecified atom stereocenters. The molecule has 7 aliphatic carbocycles. The van der Waals surface area contributed by atoms with Crippen LogP contribution < -0.4 is 26.6 Å². The van der Waals surface area contributed by atoms with Crippen LogP contribution in [0.3, 0.4) is 0 Å². The van der Waals surface area contributed by atoms with Crippen LogP contribution in [0.4, 0.5) is 0 Å². The molecule has 13 nitrogen and oxygen atoms in total. The Kier molecular flexibility index (Phi) is 18.8. The topological polar surface area (TPSA) is 194 Å². The molecule has 2 saturated heterocycles. The van der Waals surface area contributed by atoms with E-state index in [-0.39, 0.29) is 77.4 Å². The van der Waals surface area contributed by atoms with Gasteiger partial charge in [-0.3, -0.25) is 0 Å². The standard InChI is InChI=1S/C83H103N5O8/c1-3-34-85-50-56-39-53-26-35-86-49-55-15-11-16-57(41-55)64-21-20-63(90)46-68(64)73-65-24-33-83(71(96-79(92)76(73)83)43-54(28-37-89)38-52-13-5-4-6-14-52)75-66(65)22-23-67-70(95-78(91)74(67)75)25-32-80(61-27-36-87-72(45-61)84-2)47-59-44-62(81(93)29-9-10-30-81)19-12-31-82(94,60-17-7-8-18-60)51-88-77(69(59)48-80)58(40-53)42-56/h4-6,11,13-16,20-21,25,39-43,46,54,59-62,65-66,69,72,75,77,84-90,93-94H,3,7-10,17-18,22-24,26-38,44-45,47-51H2,1-2H3. The normalized spacial score (nSPS) is 33.4. The number of benzene rings is 4. The number of allylic oxidation sites excluding steroid dienone is 5. The Bertz CT molecular complexity index is 3770. The summed E-state index contributed by atoms with van der Waals surface area (Å²) in [5, 5.41) is 68.1. The monoisotopic (exact) mass is 1300 g/mol. The number of nitrogens with one attached hydrogen (secondary N) is 5. The van der Waals surface area contributed by atoms with Gasteiger partial charge in [0.1, 0.15) is 17.3 Å². The Morgan fingerprint density at radius 2 is 1.62 bits per heavy atom. The molecule has 4 saturated carbocycles. The fourth-order valence-electron chi connectivity index (χ4n) is 21.4. The summed E-state index contributed by atoms with van der Waals surface area (Å²) in [5.74, 6) is 7.80. The summed E-state index contributed by atoms with van der Waals surface area (Å²) >= 11 is 0. The zero-order valence-electron chi connectivity index (χ0n) is 56.8. The minimum absolute atomic E-state index is 0.0418. The van der Waals surface area contributed by atoms with Crippen molar-refractivity contribution in [2.24, 2.45) is 64.1 Å². The number of aliphatic hydroxyl groups excluding tert-OH is 1. The van der Waals surface area contributed by atoms with E-state index in [0.717, 1.165) is 174 Å². The first-order chi connectivity index (χ1) is 46.8. The number of hydrogen-bond acceptors (Lipinski definition) is 13. The summed E-state index contributed by atoms with van der Waals surface area (Å²) < 4.78 is 13.7. The van der Waals surface area contributed by atoms with Crippen molar-refractivity contribution in [1.82, 2.24) is 26.6 Å². The lowest BCUT2D eigenvalue weighted by atomic mass is 9.44. The number of β-amino-alcohol motifs (C(OH)–C–C–N with tert-alkyl or cyclic N) is 1. The number of carbonyl (C=O) groups excluding carboxylic acids is 2. The van der Waals surface area contributed by atoms with Gasteiger partial charge in [0, 0.05) is 61.7 Å². The van der Waals surface area contributed by atoms with Crippen molar-refractivity contribution in [3.63, 3.8) is 0 Å². The summed E-state index contributed by atoms with van der Waals surface area (Å²) in [6.07, 6.45) is 23.6. The highest BCUT2D eigenvalue weighted by atomic mass is 16.6. The molecule has 13 aliphatic rings. The summed E-state index contributed by atoms with van der Waals surface area (Å²) in [6, 6.07) is 31.8. The van der Waals surface area contributed by atoms with Gasteiger partial charge in [0.15, 0.2) is 0 Å². The van der Waals surface area contributed by atoms with Gasteiger partial charge in [-0.2, -0.15) is 0 Å². The molecular formula is C83H103N5O8. The van der Waals surface area contributed by atoms with E-state index in [9.17, 15) is 20.4 Å². The molecule has 4 aromatic carbocycles. The van der Waals surface area contributed by atoms with Crippen molar-refractivity contribution >= 4 is 17.5 Å². The fourth-order valence-corrected chi connectivity index (χ4v) is 21.4. The van der Waals surface area contributed by atoms with Crippen molar-refractivity contribution in [3.05, 3.63) is 165 Å².